The molecule has 0 aliphatic heterocycles. The van der Waals surface area contributed by atoms with Crippen molar-refractivity contribution in [2.75, 3.05) is 11.6 Å². The highest BCUT2D eigenvalue weighted by atomic mass is 35.5. The number of alkyl halides is 10. The van der Waals surface area contributed by atoms with E-state index in [0.29, 0.717) is 11.1 Å². The summed E-state index contributed by atoms with van der Waals surface area (Å²) in [6.07, 6.45) is -14.9. The molecule has 16 heteroatoms. The molecule has 218 valence electrons. The molecule has 40 heavy (non-hydrogen) atoms. The van der Waals surface area contributed by atoms with Crippen molar-refractivity contribution in [3.8, 4) is 17.2 Å². The second-order valence-electron chi connectivity index (χ2n) is 8.06. The number of halogens is 12. The number of hydrogen-bond acceptors (Lipinski definition) is 4. The molecular weight excluding hydrogens is 611 g/mol. The Morgan fingerprint density at radius 3 is 1.93 bits per heavy atom. The highest BCUT2D eigenvalue weighted by Gasteiger charge is 2.73. The number of anilines is 1. The van der Waals surface area contributed by atoms with Crippen LogP contribution >= 0.6 is 23.2 Å². The molecule has 0 aromatic heterocycles. The summed E-state index contributed by atoms with van der Waals surface area (Å²) in [4.78, 5) is 5.16. The van der Waals surface area contributed by atoms with E-state index in [0.717, 1.165) is 18.2 Å². The Balaban J connectivity index is 1.97. The molecule has 1 unspecified atom stereocenters. The maximum absolute atomic E-state index is 14.2. The number of benzene rings is 3. The SMILES string of the molecule is OC(CN(Oc1cccc(C(F)(F)C(F)(F)C(F)(F)F)c1)c1cccc(Oc2ccc(Cl)c(Cl)c2)c1)C(F)(F)F. The number of hydrogen-bond donors (Lipinski definition) is 1. The second-order valence-corrected chi connectivity index (χ2v) is 8.87. The Morgan fingerprint density at radius 2 is 1.32 bits per heavy atom. The van der Waals surface area contributed by atoms with Gasteiger partial charge < -0.3 is 14.7 Å². The van der Waals surface area contributed by atoms with Crippen molar-refractivity contribution < 1.29 is 58.6 Å². The van der Waals surface area contributed by atoms with Crippen LogP contribution in [-0.2, 0) is 5.92 Å². The second kappa shape index (κ2) is 11.4. The third-order valence-corrected chi connectivity index (χ3v) is 5.85. The lowest BCUT2D eigenvalue weighted by Gasteiger charge is -2.30. The van der Waals surface area contributed by atoms with Gasteiger partial charge in [0.25, 0.3) is 0 Å². The molecule has 1 atom stereocenters. The van der Waals surface area contributed by atoms with E-state index in [2.05, 4.69) is 0 Å². The van der Waals surface area contributed by atoms with Crippen molar-refractivity contribution in [3.63, 3.8) is 0 Å². The minimum atomic E-state index is -6.62. The van der Waals surface area contributed by atoms with Crippen molar-refractivity contribution in [2.45, 2.75) is 30.3 Å². The molecule has 0 saturated carbocycles. The Bertz CT molecular complexity index is 1330. The summed E-state index contributed by atoms with van der Waals surface area (Å²) in [5, 5.41) is 10.3. The highest BCUT2D eigenvalue weighted by molar-refractivity contribution is 6.42. The lowest BCUT2D eigenvalue weighted by Crippen LogP contribution is -2.50. The molecule has 0 amide bonds. The van der Waals surface area contributed by atoms with Crippen LogP contribution in [0.1, 0.15) is 5.56 Å². The Hall–Kier alpha value is -3.10. The van der Waals surface area contributed by atoms with Gasteiger partial charge in [0, 0.05) is 17.7 Å². The fourth-order valence-electron chi connectivity index (χ4n) is 3.07. The summed E-state index contributed by atoms with van der Waals surface area (Å²) in [7, 11) is 0. The first-order valence-electron chi connectivity index (χ1n) is 10.7. The zero-order valence-corrected chi connectivity index (χ0v) is 20.9. The predicted octanol–water partition coefficient (Wildman–Crippen LogP) is 8.80. The van der Waals surface area contributed by atoms with Gasteiger partial charge >= 0.3 is 24.2 Å². The zero-order valence-electron chi connectivity index (χ0n) is 19.4. The highest BCUT2D eigenvalue weighted by Crippen LogP contribution is 2.52. The van der Waals surface area contributed by atoms with Crippen LogP contribution in [0.3, 0.4) is 0 Å². The summed E-state index contributed by atoms with van der Waals surface area (Å²) in [5.74, 6) is -13.0. The molecule has 3 rings (SSSR count). The van der Waals surface area contributed by atoms with E-state index in [4.69, 9.17) is 32.8 Å². The molecule has 0 spiro atoms. The van der Waals surface area contributed by atoms with Gasteiger partial charge in [-0.1, -0.05) is 41.4 Å². The van der Waals surface area contributed by atoms with Crippen molar-refractivity contribution in [1.29, 1.82) is 0 Å². The summed E-state index contributed by atoms with van der Waals surface area (Å²) in [5.41, 5.74) is -2.10. The van der Waals surface area contributed by atoms with Crippen LogP contribution in [0.5, 0.6) is 17.2 Å². The molecule has 0 aliphatic carbocycles. The van der Waals surface area contributed by atoms with E-state index >= 15 is 0 Å². The number of rotatable bonds is 9. The number of aliphatic hydroxyl groups is 1. The van der Waals surface area contributed by atoms with Crippen LogP contribution in [-0.4, -0.2) is 36.0 Å². The molecule has 0 bridgehead atoms. The third-order valence-electron chi connectivity index (χ3n) is 5.11. The van der Waals surface area contributed by atoms with Crippen LogP contribution in [0.4, 0.5) is 49.6 Å². The van der Waals surface area contributed by atoms with E-state index in [1.54, 1.807) is 0 Å². The van der Waals surface area contributed by atoms with Gasteiger partial charge in [0.15, 0.2) is 11.9 Å². The molecule has 3 aromatic carbocycles. The van der Waals surface area contributed by atoms with Crippen molar-refractivity contribution in [3.05, 3.63) is 82.3 Å². The molecule has 3 aromatic rings. The molecule has 0 saturated heterocycles. The molecule has 1 N–H and O–H groups in total. The minimum Gasteiger partial charge on any atom is -0.457 e. The van der Waals surface area contributed by atoms with Gasteiger partial charge in [-0.15, -0.1) is 0 Å². The lowest BCUT2D eigenvalue weighted by molar-refractivity contribution is -0.359. The van der Waals surface area contributed by atoms with E-state index in [1.807, 2.05) is 0 Å². The molecule has 0 fully saturated rings. The van der Waals surface area contributed by atoms with Gasteiger partial charge in [-0.25, -0.2) is 5.06 Å². The smallest absolute Gasteiger partial charge is 0.457 e. The van der Waals surface area contributed by atoms with Crippen LogP contribution in [0.2, 0.25) is 10.0 Å². The van der Waals surface area contributed by atoms with E-state index in [9.17, 15) is 49.0 Å². The fourth-order valence-corrected chi connectivity index (χ4v) is 3.36. The largest absolute Gasteiger partial charge is 0.460 e. The Labute approximate surface area is 229 Å². The number of nitrogens with zero attached hydrogens (tertiary/aromatic N) is 1. The molecule has 0 heterocycles. The van der Waals surface area contributed by atoms with Crippen LogP contribution in [0.25, 0.3) is 0 Å². The zero-order chi connectivity index (χ0) is 30.1. The van der Waals surface area contributed by atoms with Gasteiger partial charge in [-0.3, -0.25) is 0 Å². The number of aliphatic hydroxyl groups excluding tert-OH is 1. The van der Waals surface area contributed by atoms with Gasteiger partial charge in [0.1, 0.15) is 11.5 Å². The topological polar surface area (TPSA) is 41.9 Å². The normalized spacial score (nSPS) is 13.6. The first kappa shape index (κ1) is 31.4. The summed E-state index contributed by atoms with van der Waals surface area (Å²) < 4.78 is 138. The van der Waals surface area contributed by atoms with Crippen molar-refractivity contribution in [1.82, 2.24) is 0 Å². The van der Waals surface area contributed by atoms with Crippen molar-refractivity contribution >= 4 is 28.9 Å². The van der Waals surface area contributed by atoms with Gasteiger partial charge in [0.05, 0.1) is 22.3 Å². The molecule has 0 radical (unpaired) electrons. The van der Waals surface area contributed by atoms with Crippen LogP contribution in [0, 0.1) is 0 Å². The summed E-state index contributed by atoms with van der Waals surface area (Å²) >= 11 is 11.7. The maximum Gasteiger partial charge on any atom is 0.460 e. The Morgan fingerprint density at radius 1 is 0.725 bits per heavy atom. The number of hydroxylamine groups is 1. The van der Waals surface area contributed by atoms with E-state index < -0.39 is 48.2 Å². The van der Waals surface area contributed by atoms with Gasteiger partial charge in [0.2, 0.25) is 0 Å². The minimum absolute atomic E-state index is 0.0175. The summed E-state index contributed by atoms with van der Waals surface area (Å²) in [6.45, 7) is -1.38. The molecular formula is C24H15Cl2F10NO3. The van der Waals surface area contributed by atoms with E-state index in [-0.39, 0.29) is 39.4 Å². The molecule has 0 aliphatic rings. The average Bonchev–Trinajstić information content (AvgIpc) is 2.85. The monoisotopic (exact) mass is 625 g/mol. The van der Waals surface area contributed by atoms with Crippen molar-refractivity contribution in [2.24, 2.45) is 0 Å². The first-order valence-corrected chi connectivity index (χ1v) is 11.4. The molecule has 4 nitrogen and oxygen atoms in total. The average molecular weight is 626 g/mol. The standard InChI is InChI=1S/C24H15Cl2F10NO3/c25-18-8-7-16(11-19(18)26)39-15-5-2-4-14(10-15)37(12-20(38)22(29,30)31)40-17-6-1-3-13(9-17)21(27,28)23(32,33)24(34,35)36/h1-11,20,38H,12H2. The van der Waals surface area contributed by atoms with Crippen LogP contribution in [0.15, 0.2) is 66.7 Å². The first-order chi connectivity index (χ1) is 18.3. The predicted molar refractivity (Wildman–Crippen MR) is 124 cm³/mol. The third kappa shape index (κ3) is 6.96. The fraction of sp³-hybridized carbons (Fsp3) is 0.250. The summed E-state index contributed by atoms with van der Waals surface area (Å²) in [6, 6.07) is 10.8. The van der Waals surface area contributed by atoms with Gasteiger partial charge in [-0.2, -0.15) is 43.9 Å². The maximum atomic E-state index is 14.2. The lowest BCUT2D eigenvalue weighted by atomic mass is 10.0. The Kier molecular flexibility index (Phi) is 8.97. The quantitative estimate of drug-likeness (QED) is 0.191. The van der Waals surface area contributed by atoms with E-state index in [1.165, 1.54) is 30.3 Å². The number of ether oxygens (including phenoxy) is 1. The van der Waals surface area contributed by atoms with Crippen LogP contribution < -0.4 is 14.6 Å². The van der Waals surface area contributed by atoms with Gasteiger partial charge in [-0.05, 0) is 36.4 Å².